The number of rotatable bonds is 3. The standard InChI is InChI=1S/C11H19N3/c1-5-13(3)14(4)11-8-6-7-10(12)9(11)2/h5-7,11H,1,8,12H2,2-4H3/t11-/m1/s1. The van der Waals surface area contributed by atoms with Gasteiger partial charge in [-0.2, -0.15) is 0 Å². The molecule has 0 aliphatic heterocycles. The Morgan fingerprint density at radius 3 is 2.79 bits per heavy atom. The molecule has 0 unspecified atom stereocenters. The Hall–Kier alpha value is -1.22. The lowest BCUT2D eigenvalue weighted by atomic mass is 9.98. The van der Waals surface area contributed by atoms with Crippen LogP contribution in [0.5, 0.6) is 0 Å². The molecule has 3 nitrogen and oxygen atoms in total. The first-order valence-electron chi connectivity index (χ1n) is 4.78. The lowest BCUT2D eigenvalue weighted by molar-refractivity contribution is 0.0461. The normalized spacial score (nSPS) is 21.6. The predicted molar refractivity (Wildman–Crippen MR) is 60.2 cm³/mol. The van der Waals surface area contributed by atoms with E-state index in [4.69, 9.17) is 5.73 Å². The Morgan fingerprint density at radius 2 is 2.21 bits per heavy atom. The van der Waals surface area contributed by atoms with Gasteiger partial charge in [-0.1, -0.05) is 12.7 Å². The van der Waals surface area contributed by atoms with Crippen LogP contribution < -0.4 is 5.73 Å². The molecule has 1 aliphatic carbocycles. The van der Waals surface area contributed by atoms with Crippen LogP contribution in [0.4, 0.5) is 0 Å². The van der Waals surface area contributed by atoms with Crippen LogP contribution in [0.15, 0.2) is 36.2 Å². The van der Waals surface area contributed by atoms with E-state index in [2.05, 4.69) is 24.6 Å². The minimum absolute atomic E-state index is 0.350. The maximum Gasteiger partial charge on any atom is 0.0553 e. The van der Waals surface area contributed by atoms with Crippen LogP contribution >= 0.6 is 0 Å². The minimum Gasteiger partial charge on any atom is -0.399 e. The van der Waals surface area contributed by atoms with Gasteiger partial charge >= 0.3 is 0 Å². The van der Waals surface area contributed by atoms with E-state index >= 15 is 0 Å². The Morgan fingerprint density at radius 1 is 1.57 bits per heavy atom. The Bertz CT molecular complexity index is 278. The minimum atomic E-state index is 0.350. The van der Waals surface area contributed by atoms with E-state index < -0.39 is 0 Å². The molecule has 0 spiro atoms. The molecule has 0 fully saturated rings. The molecule has 0 heterocycles. The summed E-state index contributed by atoms with van der Waals surface area (Å²) in [6.07, 6.45) is 6.89. The number of nitrogens with two attached hydrogens (primary N) is 1. The first-order valence-corrected chi connectivity index (χ1v) is 4.78. The van der Waals surface area contributed by atoms with Gasteiger partial charge in [0.1, 0.15) is 0 Å². The van der Waals surface area contributed by atoms with Gasteiger partial charge in [0.15, 0.2) is 0 Å². The predicted octanol–water partition coefficient (Wildman–Crippen LogP) is 1.47. The van der Waals surface area contributed by atoms with Crippen LogP contribution in [0.1, 0.15) is 13.3 Å². The Kier molecular flexibility index (Phi) is 3.36. The molecule has 1 atom stereocenters. The molecule has 1 aliphatic rings. The van der Waals surface area contributed by atoms with Crippen molar-refractivity contribution in [2.24, 2.45) is 5.73 Å². The highest BCUT2D eigenvalue weighted by atomic mass is 15.6. The first-order chi connectivity index (χ1) is 6.57. The van der Waals surface area contributed by atoms with Crippen molar-refractivity contribution in [3.8, 4) is 0 Å². The van der Waals surface area contributed by atoms with E-state index in [0.717, 1.165) is 12.1 Å². The molecule has 14 heavy (non-hydrogen) atoms. The molecular formula is C11H19N3. The summed E-state index contributed by atoms with van der Waals surface area (Å²) in [6.45, 7) is 5.82. The summed E-state index contributed by atoms with van der Waals surface area (Å²) < 4.78 is 0. The molecule has 0 bridgehead atoms. The van der Waals surface area contributed by atoms with Crippen molar-refractivity contribution in [3.05, 3.63) is 36.2 Å². The van der Waals surface area contributed by atoms with Crippen molar-refractivity contribution in [2.75, 3.05) is 14.1 Å². The van der Waals surface area contributed by atoms with Crippen LogP contribution in [0.2, 0.25) is 0 Å². The van der Waals surface area contributed by atoms with Gasteiger partial charge in [0.25, 0.3) is 0 Å². The fourth-order valence-electron chi connectivity index (χ4n) is 1.61. The van der Waals surface area contributed by atoms with Crippen molar-refractivity contribution in [1.29, 1.82) is 0 Å². The number of hydrazine groups is 1. The number of hydrogen-bond donors (Lipinski definition) is 1. The van der Waals surface area contributed by atoms with E-state index in [1.807, 2.05) is 25.2 Å². The van der Waals surface area contributed by atoms with Crippen LogP contribution in [0.25, 0.3) is 0 Å². The summed E-state index contributed by atoms with van der Waals surface area (Å²) >= 11 is 0. The molecule has 0 saturated carbocycles. The van der Waals surface area contributed by atoms with E-state index in [1.54, 1.807) is 6.20 Å². The lowest BCUT2D eigenvalue weighted by Gasteiger charge is -2.36. The zero-order valence-electron chi connectivity index (χ0n) is 9.20. The zero-order valence-corrected chi connectivity index (χ0v) is 9.20. The van der Waals surface area contributed by atoms with Crippen LogP contribution in [-0.2, 0) is 0 Å². The van der Waals surface area contributed by atoms with E-state index in [0.29, 0.717) is 6.04 Å². The Labute approximate surface area is 86.1 Å². The van der Waals surface area contributed by atoms with Crippen molar-refractivity contribution in [1.82, 2.24) is 10.0 Å². The summed E-state index contributed by atoms with van der Waals surface area (Å²) in [4.78, 5) is 0. The smallest absolute Gasteiger partial charge is 0.0553 e. The van der Waals surface area contributed by atoms with Gasteiger partial charge in [-0.3, -0.25) is 0 Å². The van der Waals surface area contributed by atoms with Crippen molar-refractivity contribution < 1.29 is 0 Å². The molecule has 78 valence electrons. The average molecular weight is 193 g/mol. The maximum atomic E-state index is 5.87. The van der Waals surface area contributed by atoms with E-state index in [1.165, 1.54) is 5.57 Å². The average Bonchev–Trinajstić information content (AvgIpc) is 2.20. The van der Waals surface area contributed by atoms with E-state index in [-0.39, 0.29) is 0 Å². The second-order valence-electron chi connectivity index (χ2n) is 3.62. The summed E-state index contributed by atoms with van der Waals surface area (Å²) in [6, 6.07) is 0.350. The van der Waals surface area contributed by atoms with Gasteiger partial charge in [-0.25, -0.2) is 5.01 Å². The monoisotopic (exact) mass is 193 g/mol. The first kappa shape index (κ1) is 10.9. The maximum absolute atomic E-state index is 5.87. The van der Waals surface area contributed by atoms with E-state index in [9.17, 15) is 0 Å². The van der Waals surface area contributed by atoms with Gasteiger partial charge in [-0.05, 0) is 25.0 Å². The zero-order chi connectivity index (χ0) is 10.7. The second-order valence-corrected chi connectivity index (χ2v) is 3.62. The third-order valence-corrected chi connectivity index (χ3v) is 2.82. The lowest BCUT2D eigenvalue weighted by Crippen LogP contribution is -2.42. The molecule has 0 radical (unpaired) electrons. The SMILES string of the molecule is C=CN(C)N(C)[C@@H]1CC=CC(N)=C1C. The second kappa shape index (κ2) is 4.33. The highest BCUT2D eigenvalue weighted by Crippen LogP contribution is 2.21. The molecule has 0 aromatic rings. The number of allylic oxidation sites excluding steroid dienone is 1. The number of likely N-dealkylation sites (N-methyl/N-ethyl adjacent to an activating group) is 1. The molecule has 0 aromatic carbocycles. The van der Waals surface area contributed by atoms with Crippen LogP contribution in [0, 0.1) is 0 Å². The molecule has 0 saturated heterocycles. The highest BCUT2D eigenvalue weighted by molar-refractivity contribution is 5.29. The molecule has 3 heteroatoms. The summed E-state index contributed by atoms with van der Waals surface area (Å²) in [5.74, 6) is 0. The highest BCUT2D eigenvalue weighted by Gasteiger charge is 2.20. The molecule has 0 amide bonds. The fraction of sp³-hybridized carbons (Fsp3) is 0.455. The van der Waals surface area contributed by atoms with Crippen LogP contribution in [0.3, 0.4) is 0 Å². The largest absolute Gasteiger partial charge is 0.399 e. The van der Waals surface area contributed by atoms with Gasteiger partial charge in [-0.15, -0.1) is 0 Å². The van der Waals surface area contributed by atoms with Crippen molar-refractivity contribution >= 4 is 0 Å². The summed E-state index contributed by atoms with van der Waals surface area (Å²) in [5.41, 5.74) is 7.98. The quantitative estimate of drug-likeness (QED) is 0.689. The van der Waals surface area contributed by atoms with Gasteiger partial charge in [0, 0.05) is 26.0 Å². The molecule has 0 aromatic heterocycles. The fourth-order valence-corrected chi connectivity index (χ4v) is 1.61. The molecular weight excluding hydrogens is 174 g/mol. The number of hydrogen-bond acceptors (Lipinski definition) is 3. The third-order valence-electron chi connectivity index (χ3n) is 2.82. The van der Waals surface area contributed by atoms with Crippen molar-refractivity contribution in [2.45, 2.75) is 19.4 Å². The van der Waals surface area contributed by atoms with Crippen LogP contribution in [-0.4, -0.2) is 30.2 Å². The Balaban J connectivity index is 2.80. The topological polar surface area (TPSA) is 32.5 Å². The van der Waals surface area contributed by atoms with Gasteiger partial charge in [0.05, 0.1) is 6.04 Å². The van der Waals surface area contributed by atoms with Gasteiger partial charge in [0.2, 0.25) is 0 Å². The van der Waals surface area contributed by atoms with Crippen molar-refractivity contribution in [3.63, 3.8) is 0 Å². The third kappa shape index (κ3) is 1.99. The molecule has 2 N–H and O–H groups in total. The number of nitrogens with zero attached hydrogens (tertiary/aromatic N) is 2. The summed E-state index contributed by atoms with van der Waals surface area (Å²) in [7, 11) is 4.02. The molecule has 1 rings (SSSR count). The summed E-state index contributed by atoms with van der Waals surface area (Å²) in [5, 5.41) is 4.11. The van der Waals surface area contributed by atoms with Gasteiger partial charge < -0.3 is 10.7 Å².